The lowest BCUT2D eigenvalue weighted by Gasteiger charge is -2.11. The van der Waals surface area contributed by atoms with Crippen LogP contribution in [0.3, 0.4) is 0 Å². The molecule has 21 heavy (non-hydrogen) atoms. The van der Waals surface area contributed by atoms with Gasteiger partial charge in [0.1, 0.15) is 5.75 Å². The van der Waals surface area contributed by atoms with Gasteiger partial charge in [0.15, 0.2) is 6.61 Å². The average Bonchev–Trinajstić information content (AvgIpc) is 2.51. The van der Waals surface area contributed by atoms with Gasteiger partial charge in [-0.15, -0.1) is 0 Å². The Morgan fingerprint density at radius 1 is 1.24 bits per heavy atom. The zero-order chi connectivity index (χ0) is 15.1. The summed E-state index contributed by atoms with van der Waals surface area (Å²) in [5.74, 6) is 0.441. The van der Waals surface area contributed by atoms with Gasteiger partial charge in [-0.25, -0.2) is 0 Å². The van der Waals surface area contributed by atoms with Crippen LogP contribution in [0.15, 0.2) is 42.5 Å². The van der Waals surface area contributed by atoms with Gasteiger partial charge in [0.2, 0.25) is 0 Å². The van der Waals surface area contributed by atoms with Gasteiger partial charge in [-0.05, 0) is 29.3 Å². The van der Waals surface area contributed by atoms with Gasteiger partial charge in [-0.1, -0.05) is 43.7 Å². The first-order chi connectivity index (χ1) is 10.2. The molecule has 1 amide bonds. The highest BCUT2D eigenvalue weighted by Crippen LogP contribution is 2.20. The molecule has 2 rings (SSSR count). The molecular weight excluding hydrogens is 266 g/mol. The summed E-state index contributed by atoms with van der Waals surface area (Å²) >= 11 is 0. The van der Waals surface area contributed by atoms with E-state index < -0.39 is 6.10 Å². The molecule has 0 fully saturated rings. The smallest absolute Gasteiger partial charge is 0.258 e. The zero-order valence-corrected chi connectivity index (χ0v) is 12.2. The van der Waals surface area contributed by atoms with Gasteiger partial charge in [0, 0.05) is 6.54 Å². The molecule has 1 unspecified atom stereocenters. The number of carbonyl (C=O) groups is 1. The number of aliphatic hydroxyl groups excluding tert-OH is 1. The van der Waals surface area contributed by atoms with Crippen molar-refractivity contribution in [3.05, 3.63) is 42.5 Å². The number of rotatable bonds is 7. The largest absolute Gasteiger partial charge is 0.484 e. The van der Waals surface area contributed by atoms with Crippen molar-refractivity contribution in [2.75, 3.05) is 13.2 Å². The molecule has 112 valence electrons. The molecule has 2 N–H and O–H groups in total. The van der Waals surface area contributed by atoms with Crippen molar-refractivity contribution in [1.29, 1.82) is 0 Å². The van der Waals surface area contributed by atoms with Crippen molar-refractivity contribution in [3.63, 3.8) is 0 Å². The molecule has 0 spiro atoms. The van der Waals surface area contributed by atoms with Crippen molar-refractivity contribution < 1.29 is 14.6 Å². The Labute approximate surface area is 124 Å². The molecule has 0 saturated heterocycles. The summed E-state index contributed by atoms with van der Waals surface area (Å²) in [6.45, 7) is 2.22. The van der Waals surface area contributed by atoms with Crippen LogP contribution in [0, 0.1) is 0 Å². The number of hydrogen-bond acceptors (Lipinski definition) is 3. The highest BCUT2D eigenvalue weighted by Gasteiger charge is 2.07. The Hall–Kier alpha value is -2.07. The Balaban J connectivity index is 1.82. The summed E-state index contributed by atoms with van der Waals surface area (Å²) in [4.78, 5) is 11.6. The third kappa shape index (κ3) is 4.76. The lowest BCUT2D eigenvalue weighted by atomic mass is 10.1. The van der Waals surface area contributed by atoms with E-state index in [1.165, 1.54) is 0 Å². The first-order valence-electron chi connectivity index (χ1n) is 7.25. The second kappa shape index (κ2) is 7.64. The molecule has 1 atom stereocenters. The van der Waals surface area contributed by atoms with Crippen molar-refractivity contribution in [2.24, 2.45) is 0 Å². The van der Waals surface area contributed by atoms with Crippen LogP contribution in [0.5, 0.6) is 5.75 Å². The van der Waals surface area contributed by atoms with Crippen LogP contribution >= 0.6 is 0 Å². The van der Waals surface area contributed by atoms with Gasteiger partial charge >= 0.3 is 0 Å². The molecule has 4 nitrogen and oxygen atoms in total. The van der Waals surface area contributed by atoms with Gasteiger partial charge in [0.25, 0.3) is 5.91 Å². The molecular formula is C17H21NO3. The van der Waals surface area contributed by atoms with Crippen LogP contribution in [0.4, 0.5) is 0 Å². The Morgan fingerprint density at radius 3 is 2.76 bits per heavy atom. The van der Waals surface area contributed by atoms with E-state index in [0.717, 1.165) is 17.2 Å². The fourth-order valence-corrected chi connectivity index (χ4v) is 2.12. The highest BCUT2D eigenvalue weighted by molar-refractivity contribution is 5.84. The second-order valence-electron chi connectivity index (χ2n) is 5.04. The number of hydrogen-bond donors (Lipinski definition) is 2. The van der Waals surface area contributed by atoms with E-state index in [9.17, 15) is 9.90 Å². The van der Waals surface area contributed by atoms with Crippen molar-refractivity contribution in [1.82, 2.24) is 5.32 Å². The predicted octanol–water partition coefficient (Wildman–Crippen LogP) is 2.50. The average molecular weight is 287 g/mol. The quantitative estimate of drug-likeness (QED) is 0.822. The number of benzene rings is 2. The zero-order valence-electron chi connectivity index (χ0n) is 12.2. The van der Waals surface area contributed by atoms with Gasteiger partial charge in [-0.3, -0.25) is 4.79 Å². The monoisotopic (exact) mass is 287 g/mol. The lowest BCUT2D eigenvalue weighted by Crippen LogP contribution is -2.35. The van der Waals surface area contributed by atoms with Crippen LogP contribution in [0.2, 0.25) is 0 Å². The molecule has 0 aliphatic rings. The third-order valence-corrected chi connectivity index (χ3v) is 3.25. The Kier molecular flexibility index (Phi) is 5.58. The molecule has 0 aromatic heterocycles. The number of carbonyl (C=O) groups excluding carboxylic acids is 1. The van der Waals surface area contributed by atoms with Crippen LogP contribution in [-0.2, 0) is 4.79 Å². The fourth-order valence-electron chi connectivity index (χ4n) is 2.12. The van der Waals surface area contributed by atoms with E-state index in [4.69, 9.17) is 4.74 Å². The highest BCUT2D eigenvalue weighted by atomic mass is 16.5. The van der Waals surface area contributed by atoms with E-state index in [1.54, 1.807) is 0 Å². The Morgan fingerprint density at radius 2 is 2.00 bits per heavy atom. The summed E-state index contributed by atoms with van der Waals surface area (Å²) in [5, 5.41) is 14.4. The van der Waals surface area contributed by atoms with Crippen LogP contribution in [0.25, 0.3) is 10.8 Å². The van der Waals surface area contributed by atoms with E-state index in [1.807, 2.05) is 49.4 Å². The maximum absolute atomic E-state index is 11.6. The summed E-state index contributed by atoms with van der Waals surface area (Å²) in [5.41, 5.74) is 0. The third-order valence-electron chi connectivity index (χ3n) is 3.25. The van der Waals surface area contributed by atoms with E-state index >= 15 is 0 Å². The minimum Gasteiger partial charge on any atom is -0.484 e. The number of ether oxygens (including phenoxy) is 1. The van der Waals surface area contributed by atoms with E-state index in [-0.39, 0.29) is 19.1 Å². The number of fused-ring (bicyclic) bond motifs is 1. The van der Waals surface area contributed by atoms with Crippen LogP contribution < -0.4 is 10.1 Å². The van der Waals surface area contributed by atoms with E-state index in [2.05, 4.69) is 5.32 Å². The first-order valence-corrected chi connectivity index (χ1v) is 7.25. The van der Waals surface area contributed by atoms with Gasteiger partial charge < -0.3 is 15.2 Å². The minimum atomic E-state index is -0.486. The maximum atomic E-state index is 11.6. The standard InChI is InChI=1S/C17H21NO3/c1-2-5-15(19)11-18-17(20)12-21-16-9-8-13-6-3-4-7-14(13)10-16/h3-4,6-10,15,19H,2,5,11-12H2,1H3,(H,18,20). The van der Waals surface area contributed by atoms with Crippen molar-refractivity contribution in [3.8, 4) is 5.75 Å². The molecule has 2 aromatic carbocycles. The molecule has 0 aliphatic carbocycles. The molecule has 2 aromatic rings. The van der Waals surface area contributed by atoms with Crippen LogP contribution in [-0.4, -0.2) is 30.3 Å². The molecule has 0 heterocycles. The number of aliphatic hydroxyl groups is 1. The van der Waals surface area contributed by atoms with E-state index in [0.29, 0.717) is 12.2 Å². The van der Waals surface area contributed by atoms with Gasteiger partial charge in [0.05, 0.1) is 6.10 Å². The predicted molar refractivity (Wildman–Crippen MR) is 83.4 cm³/mol. The summed E-state index contributed by atoms with van der Waals surface area (Å²) in [6, 6.07) is 13.7. The van der Waals surface area contributed by atoms with Crippen molar-refractivity contribution in [2.45, 2.75) is 25.9 Å². The Bertz CT molecular complexity index is 597. The number of amides is 1. The fraction of sp³-hybridized carbons (Fsp3) is 0.353. The molecule has 0 radical (unpaired) electrons. The molecule has 0 bridgehead atoms. The SMILES string of the molecule is CCCC(O)CNC(=O)COc1ccc2ccccc2c1. The minimum absolute atomic E-state index is 0.0445. The normalized spacial score (nSPS) is 12.1. The van der Waals surface area contributed by atoms with Gasteiger partial charge in [-0.2, -0.15) is 0 Å². The molecule has 4 heteroatoms. The van der Waals surface area contributed by atoms with Crippen LogP contribution in [0.1, 0.15) is 19.8 Å². The summed E-state index contributed by atoms with van der Waals surface area (Å²) < 4.78 is 5.47. The number of nitrogens with one attached hydrogen (secondary N) is 1. The topological polar surface area (TPSA) is 58.6 Å². The summed E-state index contributed by atoms with van der Waals surface area (Å²) in [6.07, 6.45) is 1.09. The first kappa shape index (κ1) is 15.3. The molecule has 0 aliphatic heterocycles. The van der Waals surface area contributed by atoms with Crippen molar-refractivity contribution >= 4 is 16.7 Å². The summed E-state index contributed by atoms with van der Waals surface area (Å²) in [7, 11) is 0. The molecule has 0 saturated carbocycles. The second-order valence-corrected chi connectivity index (χ2v) is 5.04. The lowest BCUT2D eigenvalue weighted by molar-refractivity contribution is -0.123. The maximum Gasteiger partial charge on any atom is 0.258 e.